The summed E-state index contributed by atoms with van der Waals surface area (Å²) in [5, 5.41) is 11.4. The number of para-hydroxylation sites is 3. The number of aryl methyl sites for hydroxylation is 1. The molecule has 1 aliphatic rings. The molecule has 1 aliphatic heterocycles. The third-order valence-electron chi connectivity index (χ3n) is 7.71. The lowest BCUT2D eigenvalue weighted by molar-refractivity contribution is -0.127. The fourth-order valence-corrected chi connectivity index (χ4v) is 5.55. The van der Waals surface area contributed by atoms with Gasteiger partial charge < -0.3 is 19.4 Å². The third-order valence-corrected chi connectivity index (χ3v) is 7.71. The highest BCUT2D eigenvalue weighted by Crippen LogP contribution is 2.31. The van der Waals surface area contributed by atoms with Crippen molar-refractivity contribution in [2.45, 2.75) is 38.5 Å². The highest BCUT2D eigenvalue weighted by Gasteiger charge is 2.37. The largest absolute Gasteiger partial charge is 0.462 e. The van der Waals surface area contributed by atoms with Gasteiger partial charge in [-0.2, -0.15) is 0 Å². The average Bonchev–Trinajstić information content (AvgIpc) is 3.79. The summed E-state index contributed by atoms with van der Waals surface area (Å²) in [6, 6.07) is 20.1. The molecule has 1 N–H and O–H groups in total. The number of aromatic nitrogens is 5. The molecule has 5 aromatic rings. The molecular weight excluding hydrogens is 562 g/mol. The van der Waals surface area contributed by atoms with Crippen molar-refractivity contribution in [2.24, 2.45) is 7.05 Å². The van der Waals surface area contributed by atoms with Crippen LogP contribution in [-0.4, -0.2) is 68.2 Å². The maximum Gasteiger partial charge on any atom is 0.338 e. The fraction of sp³-hybridized carbons (Fsp3) is 0.312. The van der Waals surface area contributed by atoms with E-state index >= 15 is 0 Å². The molecule has 1 fully saturated rings. The summed E-state index contributed by atoms with van der Waals surface area (Å²) in [5.41, 5.74) is 3.36. The molecule has 12 heteroatoms. The van der Waals surface area contributed by atoms with Gasteiger partial charge in [-0.25, -0.2) is 14.5 Å². The number of hydrogen-bond acceptors (Lipinski definition) is 8. The van der Waals surface area contributed by atoms with Crippen LogP contribution in [0.1, 0.15) is 42.0 Å². The average molecular weight is 596 g/mol. The van der Waals surface area contributed by atoms with Gasteiger partial charge in [0.25, 0.3) is 5.91 Å². The van der Waals surface area contributed by atoms with E-state index in [-0.39, 0.29) is 31.4 Å². The smallest absolute Gasteiger partial charge is 0.338 e. The van der Waals surface area contributed by atoms with Crippen molar-refractivity contribution < 1.29 is 23.9 Å². The monoisotopic (exact) mass is 595 g/mol. The van der Waals surface area contributed by atoms with Crippen molar-refractivity contribution in [1.82, 2.24) is 29.9 Å². The van der Waals surface area contributed by atoms with E-state index < -0.39 is 23.8 Å². The molecule has 0 saturated carbocycles. The highest BCUT2D eigenvalue weighted by molar-refractivity contribution is 6.02. The molecule has 0 bridgehead atoms. The van der Waals surface area contributed by atoms with Crippen molar-refractivity contribution >= 4 is 45.5 Å². The lowest BCUT2D eigenvalue weighted by atomic mass is 10.1. The Kier molecular flexibility index (Phi) is 8.33. The number of hydrogen-bond donors (Lipinski definition) is 1. The number of rotatable bonds is 10. The van der Waals surface area contributed by atoms with Crippen molar-refractivity contribution in [1.29, 1.82) is 0 Å². The third kappa shape index (κ3) is 5.76. The predicted octanol–water partition coefficient (Wildman–Crippen LogP) is 3.56. The van der Waals surface area contributed by atoms with Crippen LogP contribution in [0, 0.1) is 0 Å². The molecular formula is C32H33N7O5. The predicted molar refractivity (Wildman–Crippen MR) is 163 cm³/mol. The minimum absolute atomic E-state index is 0.113. The molecule has 2 amide bonds. The van der Waals surface area contributed by atoms with Crippen LogP contribution in [0.15, 0.2) is 72.8 Å². The molecule has 3 heterocycles. The number of ether oxygens (including phenoxy) is 2. The van der Waals surface area contributed by atoms with Crippen molar-refractivity contribution in [3.05, 3.63) is 84.2 Å². The maximum atomic E-state index is 14.4. The summed E-state index contributed by atoms with van der Waals surface area (Å²) in [6.07, 6.45) is 1.64. The van der Waals surface area contributed by atoms with Crippen molar-refractivity contribution in [3.8, 4) is 0 Å². The molecule has 6 rings (SSSR count). The number of esters is 1. The van der Waals surface area contributed by atoms with Crippen LogP contribution in [-0.2, 0) is 32.7 Å². The highest BCUT2D eigenvalue weighted by atomic mass is 16.5. The van der Waals surface area contributed by atoms with Gasteiger partial charge in [0.1, 0.15) is 17.9 Å². The first-order valence-corrected chi connectivity index (χ1v) is 14.6. The van der Waals surface area contributed by atoms with E-state index in [9.17, 15) is 14.4 Å². The minimum atomic E-state index is -1.20. The normalized spacial score (nSPS) is 15.4. The molecule has 0 aliphatic carbocycles. The molecule has 44 heavy (non-hydrogen) atoms. The van der Waals surface area contributed by atoms with Crippen LogP contribution in [0.25, 0.3) is 22.1 Å². The van der Waals surface area contributed by atoms with E-state index in [0.717, 1.165) is 18.4 Å². The summed E-state index contributed by atoms with van der Waals surface area (Å²) >= 11 is 0. The Morgan fingerprint density at radius 2 is 1.82 bits per heavy atom. The van der Waals surface area contributed by atoms with E-state index in [1.54, 1.807) is 31.2 Å². The summed E-state index contributed by atoms with van der Waals surface area (Å²) in [7, 11) is 1.81. The Labute approximate surface area is 253 Å². The number of amides is 2. The molecule has 0 radical (unpaired) electrons. The number of imidazole rings is 1. The SMILES string of the molecule is CCOC(=O)c1cccc(N(C(=O)Cn2nnc3ccccc32)[C@H](C(=O)NC[C@H]2CCCO2)c2nc3ccccc3n2C)c1. The first kappa shape index (κ1) is 29.0. The Balaban J connectivity index is 1.47. The van der Waals surface area contributed by atoms with E-state index in [2.05, 4.69) is 15.6 Å². The number of anilines is 1. The number of benzene rings is 3. The van der Waals surface area contributed by atoms with Gasteiger partial charge in [0.15, 0.2) is 6.04 Å². The molecule has 12 nitrogen and oxygen atoms in total. The molecule has 0 spiro atoms. The summed E-state index contributed by atoms with van der Waals surface area (Å²) in [5.74, 6) is -1.07. The second-order valence-corrected chi connectivity index (χ2v) is 10.6. The second-order valence-electron chi connectivity index (χ2n) is 10.6. The lowest BCUT2D eigenvalue weighted by Gasteiger charge is -2.31. The van der Waals surface area contributed by atoms with Gasteiger partial charge in [-0.3, -0.25) is 14.5 Å². The molecule has 0 unspecified atom stereocenters. The number of fused-ring (bicyclic) bond motifs is 2. The standard InChI is InChI=1S/C32H33N7O5/c1-3-43-32(42)21-10-8-11-22(18-21)39(28(40)20-38-27-16-7-5-14-25(27)35-36-38)29(31(41)33-19-23-12-9-17-44-23)30-34-24-13-4-6-15-26(24)37(30)2/h4-8,10-11,13-16,18,23,29H,3,9,12,17,19-20H2,1-2H3,(H,33,41)/t23-,29+/m1/s1. The van der Waals surface area contributed by atoms with E-state index in [4.69, 9.17) is 14.5 Å². The summed E-state index contributed by atoms with van der Waals surface area (Å²) in [6.45, 7) is 2.63. The molecule has 2 atom stereocenters. The Bertz CT molecular complexity index is 1820. The Morgan fingerprint density at radius 3 is 2.57 bits per heavy atom. The van der Waals surface area contributed by atoms with Gasteiger partial charge in [0.05, 0.1) is 34.8 Å². The van der Waals surface area contributed by atoms with Gasteiger partial charge in [-0.15, -0.1) is 5.10 Å². The van der Waals surface area contributed by atoms with E-state index in [1.165, 1.54) is 9.58 Å². The van der Waals surface area contributed by atoms with Crippen LogP contribution in [0.2, 0.25) is 0 Å². The van der Waals surface area contributed by atoms with Crippen LogP contribution in [0.4, 0.5) is 5.69 Å². The van der Waals surface area contributed by atoms with Gasteiger partial charge in [0, 0.05) is 25.9 Å². The van der Waals surface area contributed by atoms with Gasteiger partial charge in [-0.1, -0.05) is 35.5 Å². The van der Waals surface area contributed by atoms with Crippen LogP contribution >= 0.6 is 0 Å². The lowest BCUT2D eigenvalue weighted by Crippen LogP contribution is -2.47. The Morgan fingerprint density at radius 1 is 1.05 bits per heavy atom. The molecule has 3 aromatic carbocycles. The second kappa shape index (κ2) is 12.6. The van der Waals surface area contributed by atoms with Gasteiger partial charge in [0.2, 0.25) is 5.91 Å². The van der Waals surface area contributed by atoms with E-state index in [1.807, 2.05) is 60.1 Å². The quantitative estimate of drug-likeness (QED) is 0.242. The fourth-order valence-electron chi connectivity index (χ4n) is 5.55. The maximum absolute atomic E-state index is 14.4. The zero-order chi connectivity index (χ0) is 30.6. The number of carbonyl (C=O) groups excluding carboxylic acids is 3. The first-order valence-electron chi connectivity index (χ1n) is 14.6. The number of nitrogens with zero attached hydrogens (tertiary/aromatic N) is 6. The van der Waals surface area contributed by atoms with Crippen LogP contribution in [0.5, 0.6) is 0 Å². The molecule has 226 valence electrons. The minimum Gasteiger partial charge on any atom is -0.462 e. The van der Waals surface area contributed by atoms with Crippen molar-refractivity contribution in [2.75, 3.05) is 24.7 Å². The first-order chi connectivity index (χ1) is 21.4. The van der Waals surface area contributed by atoms with Crippen LogP contribution in [0.3, 0.4) is 0 Å². The molecule has 1 saturated heterocycles. The van der Waals surface area contributed by atoms with E-state index in [0.29, 0.717) is 34.7 Å². The summed E-state index contributed by atoms with van der Waals surface area (Å²) < 4.78 is 14.3. The number of nitrogens with one attached hydrogen (secondary N) is 1. The Hall–Kier alpha value is -5.10. The van der Waals surface area contributed by atoms with Gasteiger partial charge in [-0.05, 0) is 62.2 Å². The van der Waals surface area contributed by atoms with Gasteiger partial charge >= 0.3 is 5.97 Å². The topological polar surface area (TPSA) is 133 Å². The zero-order valence-corrected chi connectivity index (χ0v) is 24.6. The summed E-state index contributed by atoms with van der Waals surface area (Å²) in [4.78, 5) is 47.6. The van der Waals surface area contributed by atoms with Crippen molar-refractivity contribution in [3.63, 3.8) is 0 Å². The number of carbonyl (C=O) groups is 3. The molecule has 2 aromatic heterocycles. The van der Waals surface area contributed by atoms with Crippen LogP contribution < -0.4 is 10.2 Å². The zero-order valence-electron chi connectivity index (χ0n) is 24.6.